The van der Waals surface area contributed by atoms with Crippen molar-refractivity contribution in [1.82, 2.24) is 9.88 Å². The van der Waals surface area contributed by atoms with Gasteiger partial charge in [-0.2, -0.15) is 0 Å². The van der Waals surface area contributed by atoms with E-state index >= 15 is 0 Å². The van der Waals surface area contributed by atoms with Gasteiger partial charge in [0.05, 0.1) is 30.3 Å². The maximum atomic E-state index is 12.3. The van der Waals surface area contributed by atoms with Crippen LogP contribution in [0, 0.1) is 19.8 Å². The van der Waals surface area contributed by atoms with Crippen molar-refractivity contribution in [3.8, 4) is 0 Å². The van der Waals surface area contributed by atoms with Gasteiger partial charge in [-0.25, -0.2) is 4.98 Å². The average molecular weight is 284 g/mol. The first-order chi connectivity index (χ1) is 9.10. The van der Waals surface area contributed by atoms with Crippen LogP contribution in [0.15, 0.2) is 0 Å². The maximum Gasteiger partial charge on any atom is 0.227 e. The van der Waals surface area contributed by atoms with Crippen LogP contribution in [0.25, 0.3) is 0 Å². The number of thiazole rings is 1. The molecule has 5 nitrogen and oxygen atoms in total. The number of aryl methyl sites for hydroxylation is 2. The van der Waals surface area contributed by atoms with Crippen molar-refractivity contribution in [2.45, 2.75) is 20.3 Å². The molecular formula is C13H20N2O3S. The lowest BCUT2D eigenvalue weighted by Crippen LogP contribution is -2.37. The monoisotopic (exact) mass is 284 g/mol. The quantitative estimate of drug-likeness (QED) is 0.890. The van der Waals surface area contributed by atoms with Crippen molar-refractivity contribution in [3.63, 3.8) is 0 Å². The van der Waals surface area contributed by atoms with Gasteiger partial charge in [0, 0.05) is 30.5 Å². The highest BCUT2D eigenvalue weighted by Crippen LogP contribution is 2.19. The first kappa shape index (κ1) is 14.4. The van der Waals surface area contributed by atoms with E-state index in [4.69, 9.17) is 4.74 Å². The van der Waals surface area contributed by atoms with E-state index in [1.807, 2.05) is 13.8 Å². The molecule has 0 aliphatic carbocycles. The molecule has 1 aliphatic heterocycles. The lowest BCUT2D eigenvalue weighted by molar-refractivity contribution is -0.130. The van der Waals surface area contributed by atoms with Crippen molar-refractivity contribution < 1.29 is 14.6 Å². The summed E-state index contributed by atoms with van der Waals surface area (Å²) in [5, 5.41) is 10.2. The van der Waals surface area contributed by atoms with E-state index in [9.17, 15) is 9.90 Å². The van der Waals surface area contributed by atoms with Crippen LogP contribution in [0.1, 0.15) is 15.6 Å². The number of ether oxygens (including phenoxy) is 1. The Labute approximate surface area is 117 Å². The summed E-state index contributed by atoms with van der Waals surface area (Å²) in [7, 11) is 0. The molecule has 0 bridgehead atoms. The van der Waals surface area contributed by atoms with Gasteiger partial charge in [0.15, 0.2) is 0 Å². The fourth-order valence-electron chi connectivity index (χ4n) is 2.20. The summed E-state index contributed by atoms with van der Waals surface area (Å²) < 4.78 is 5.39. The molecule has 1 amide bonds. The van der Waals surface area contributed by atoms with Crippen molar-refractivity contribution in [1.29, 1.82) is 0 Å². The van der Waals surface area contributed by atoms with Gasteiger partial charge in [-0.05, 0) is 13.8 Å². The van der Waals surface area contributed by atoms with Crippen LogP contribution in [0.2, 0.25) is 0 Å². The number of hydrogen-bond donors (Lipinski definition) is 1. The van der Waals surface area contributed by atoms with Gasteiger partial charge in [-0.3, -0.25) is 4.79 Å². The molecule has 19 heavy (non-hydrogen) atoms. The predicted octanol–water partition coefficient (Wildman–Crippen LogP) is 0.770. The van der Waals surface area contributed by atoms with Crippen LogP contribution in [0.5, 0.6) is 0 Å². The number of amides is 1. The number of aromatic nitrogens is 1. The van der Waals surface area contributed by atoms with E-state index in [2.05, 4.69) is 4.98 Å². The topological polar surface area (TPSA) is 62.7 Å². The number of aliphatic hydroxyl groups excluding tert-OH is 1. The van der Waals surface area contributed by atoms with Crippen molar-refractivity contribution >= 4 is 17.2 Å². The van der Waals surface area contributed by atoms with Crippen LogP contribution in [0.3, 0.4) is 0 Å². The molecule has 2 rings (SSSR count). The number of hydrogen-bond acceptors (Lipinski definition) is 5. The molecule has 6 heteroatoms. The second-order valence-corrected chi connectivity index (χ2v) is 6.17. The molecule has 0 radical (unpaired) electrons. The van der Waals surface area contributed by atoms with Crippen LogP contribution < -0.4 is 0 Å². The number of carbonyl (C=O) groups is 1. The summed E-state index contributed by atoms with van der Waals surface area (Å²) in [6, 6.07) is 0. The zero-order chi connectivity index (χ0) is 13.8. The maximum absolute atomic E-state index is 12.3. The van der Waals surface area contributed by atoms with Crippen LogP contribution in [0.4, 0.5) is 0 Å². The Morgan fingerprint density at radius 2 is 2.37 bits per heavy atom. The van der Waals surface area contributed by atoms with E-state index in [1.165, 1.54) is 0 Å². The van der Waals surface area contributed by atoms with E-state index in [1.54, 1.807) is 16.2 Å². The van der Waals surface area contributed by atoms with E-state index in [0.29, 0.717) is 32.7 Å². The van der Waals surface area contributed by atoms with E-state index in [-0.39, 0.29) is 18.4 Å². The predicted molar refractivity (Wildman–Crippen MR) is 73.3 cm³/mol. The highest BCUT2D eigenvalue weighted by molar-refractivity contribution is 7.11. The average Bonchev–Trinajstić information content (AvgIpc) is 2.59. The summed E-state index contributed by atoms with van der Waals surface area (Å²) in [6.45, 7) is 6.20. The highest BCUT2D eigenvalue weighted by Gasteiger charge is 2.23. The summed E-state index contributed by atoms with van der Waals surface area (Å²) in [5.74, 6) is 0.117. The molecule has 106 valence electrons. The highest BCUT2D eigenvalue weighted by atomic mass is 32.1. The van der Waals surface area contributed by atoms with Crippen LogP contribution in [-0.4, -0.2) is 53.8 Å². The fourth-order valence-corrected chi connectivity index (χ4v) is 3.13. The summed E-state index contributed by atoms with van der Waals surface area (Å²) >= 11 is 1.58. The van der Waals surface area contributed by atoms with Gasteiger partial charge >= 0.3 is 0 Å². The standard InChI is InChI=1S/C13H20N2O3S/c1-9-12(19-10(2)14-9)5-13(17)15-3-4-18-8-11(6-15)7-16/h11,16H,3-8H2,1-2H3/t11-/m1/s1. The SMILES string of the molecule is Cc1nc(C)c(CC(=O)N2CCOC[C@@H](CO)C2)s1. The van der Waals surface area contributed by atoms with Crippen molar-refractivity contribution in [3.05, 3.63) is 15.6 Å². The fraction of sp³-hybridized carbons (Fsp3) is 0.692. The molecule has 1 aromatic rings. The van der Waals surface area contributed by atoms with Gasteiger partial charge in [0.25, 0.3) is 0 Å². The first-order valence-electron chi connectivity index (χ1n) is 6.49. The molecule has 1 N–H and O–H groups in total. The molecule has 1 aromatic heterocycles. The number of rotatable bonds is 3. The van der Waals surface area contributed by atoms with Gasteiger partial charge < -0.3 is 14.7 Å². The minimum atomic E-state index is 0.0238. The Morgan fingerprint density at radius 1 is 1.58 bits per heavy atom. The Balaban J connectivity index is 2.00. The molecule has 0 aromatic carbocycles. The molecule has 1 saturated heterocycles. The molecule has 1 aliphatic rings. The molecule has 1 atom stereocenters. The minimum absolute atomic E-state index is 0.0238. The number of nitrogens with zero attached hydrogens (tertiary/aromatic N) is 2. The lowest BCUT2D eigenvalue weighted by atomic mass is 10.1. The molecule has 2 heterocycles. The molecule has 0 saturated carbocycles. The third-order valence-electron chi connectivity index (χ3n) is 3.26. The van der Waals surface area contributed by atoms with Gasteiger partial charge in [-0.15, -0.1) is 11.3 Å². The lowest BCUT2D eigenvalue weighted by Gasteiger charge is -2.22. The molecular weight excluding hydrogens is 264 g/mol. The second kappa shape index (κ2) is 6.45. The first-order valence-corrected chi connectivity index (χ1v) is 7.31. The Hall–Kier alpha value is -0.980. The summed E-state index contributed by atoms with van der Waals surface area (Å²) in [4.78, 5) is 19.5. The van der Waals surface area contributed by atoms with Gasteiger partial charge in [0.2, 0.25) is 5.91 Å². The Kier molecular flexibility index (Phi) is 4.90. The zero-order valence-electron chi connectivity index (χ0n) is 11.4. The Morgan fingerprint density at radius 3 is 3.00 bits per heavy atom. The van der Waals surface area contributed by atoms with Crippen molar-refractivity contribution in [2.24, 2.45) is 5.92 Å². The second-order valence-electron chi connectivity index (χ2n) is 4.88. The molecule has 1 fully saturated rings. The zero-order valence-corrected chi connectivity index (χ0v) is 12.2. The minimum Gasteiger partial charge on any atom is -0.396 e. The molecule has 0 unspecified atom stereocenters. The van der Waals surface area contributed by atoms with Crippen LogP contribution >= 0.6 is 11.3 Å². The summed E-state index contributed by atoms with van der Waals surface area (Å²) in [5.41, 5.74) is 0.945. The number of carbonyl (C=O) groups excluding carboxylic acids is 1. The Bertz CT molecular complexity index is 447. The van der Waals surface area contributed by atoms with Gasteiger partial charge in [0.1, 0.15) is 0 Å². The third-order valence-corrected chi connectivity index (χ3v) is 4.33. The van der Waals surface area contributed by atoms with E-state index < -0.39 is 0 Å². The van der Waals surface area contributed by atoms with E-state index in [0.717, 1.165) is 15.6 Å². The largest absolute Gasteiger partial charge is 0.396 e. The normalized spacial score (nSPS) is 20.4. The summed E-state index contributed by atoms with van der Waals surface area (Å²) in [6.07, 6.45) is 0.398. The third kappa shape index (κ3) is 3.75. The van der Waals surface area contributed by atoms with Crippen molar-refractivity contribution in [2.75, 3.05) is 32.9 Å². The molecule has 0 spiro atoms. The van der Waals surface area contributed by atoms with Gasteiger partial charge in [-0.1, -0.05) is 0 Å². The number of aliphatic hydroxyl groups is 1. The smallest absolute Gasteiger partial charge is 0.227 e. The van der Waals surface area contributed by atoms with Crippen LogP contribution in [-0.2, 0) is 16.0 Å².